The van der Waals surface area contributed by atoms with Crippen molar-refractivity contribution in [3.63, 3.8) is 0 Å². The minimum Gasteiger partial charge on any atom is -0.346 e. The van der Waals surface area contributed by atoms with Gasteiger partial charge in [0.15, 0.2) is 0 Å². The van der Waals surface area contributed by atoms with Crippen LogP contribution in [0.15, 0.2) is 35.9 Å². The summed E-state index contributed by atoms with van der Waals surface area (Å²) < 4.78 is 31.6. The van der Waals surface area contributed by atoms with Gasteiger partial charge in [-0.2, -0.15) is 19.6 Å². The van der Waals surface area contributed by atoms with Gasteiger partial charge in [0.1, 0.15) is 10.6 Å². The number of carbonyl (C=O) groups excluding carboxylic acids is 2. The highest BCUT2D eigenvalue weighted by molar-refractivity contribution is 7.89. The topological polar surface area (TPSA) is 149 Å². The van der Waals surface area contributed by atoms with Gasteiger partial charge in [-0.1, -0.05) is 0 Å². The van der Waals surface area contributed by atoms with E-state index in [-0.39, 0.29) is 35.3 Å². The summed E-state index contributed by atoms with van der Waals surface area (Å²) in [5.74, 6) is -1.32. The van der Waals surface area contributed by atoms with Crippen molar-refractivity contribution in [2.45, 2.75) is 24.3 Å². The van der Waals surface area contributed by atoms with E-state index < -0.39 is 21.8 Å². The molecule has 2 N–H and O–H groups in total. The Balaban J connectivity index is 1.43. The molecule has 14 heteroatoms. The molecule has 4 rings (SSSR count). The zero-order valence-electron chi connectivity index (χ0n) is 19.2. The Bertz CT molecular complexity index is 1310. The lowest BCUT2D eigenvalue weighted by atomic mass is 9.98. The highest BCUT2D eigenvalue weighted by Crippen LogP contribution is 2.25. The standard InChI is InChI=1S/C20H27N9O4S/c1-26-11-14(8-22-26)7-21-20(31)18-17(10-24-28(18)3)25-19(30)15-5-4-6-29(12-15)34(32,33)16-9-23-27(2)13-16/h8-11,13,15H,4-7,12H2,1-3H3,(H,21,31)(H,25,30). The Morgan fingerprint density at radius 2 is 1.79 bits per heavy atom. The predicted molar refractivity (Wildman–Crippen MR) is 121 cm³/mol. The molecule has 3 aromatic heterocycles. The fourth-order valence-corrected chi connectivity index (χ4v) is 5.43. The molecule has 0 aliphatic carbocycles. The van der Waals surface area contributed by atoms with E-state index in [0.29, 0.717) is 19.4 Å². The van der Waals surface area contributed by atoms with Crippen LogP contribution in [0.1, 0.15) is 28.9 Å². The van der Waals surface area contributed by atoms with Crippen molar-refractivity contribution in [1.82, 2.24) is 39.0 Å². The van der Waals surface area contributed by atoms with Crippen LogP contribution in [-0.2, 0) is 42.5 Å². The maximum Gasteiger partial charge on any atom is 0.271 e. The number of hydrogen-bond acceptors (Lipinski definition) is 7. The van der Waals surface area contributed by atoms with Crippen molar-refractivity contribution < 1.29 is 18.0 Å². The van der Waals surface area contributed by atoms with Gasteiger partial charge in [0.25, 0.3) is 5.91 Å². The largest absolute Gasteiger partial charge is 0.346 e. The molecular formula is C20H27N9O4S. The molecule has 4 heterocycles. The normalized spacial score (nSPS) is 17.0. The van der Waals surface area contributed by atoms with E-state index in [1.807, 2.05) is 0 Å². The molecule has 0 spiro atoms. The van der Waals surface area contributed by atoms with Crippen molar-refractivity contribution in [1.29, 1.82) is 0 Å². The fourth-order valence-electron chi connectivity index (χ4n) is 3.92. The second-order valence-electron chi connectivity index (χ2n) is 8.28. The second-order valence-corrected chi connectivity index (χ2v) is 10.2. The van der Waals surface area contributed by atoms with Crippen LogP contribution in [0.3, 0.4) is 0 Å². The van der Waals surface area contributed by atoms with Crippen LogP contribution in [0, 0.1) is 5.92 Å². The maximum atomic E-state index is 13.0. The molecule has 34 heavy (non-hydrogen) atoms. The van der Waals surface area contributed by atoms with E-state index in [2.05, 4.69) is 25.9 Å². The summed E-state index contributed by atoms with van der Waals surface area (Å²) in [4.78, 5) is 25.9. The lowest BCUT2D eigenvalue weighted by molar-refractivity contribution is -0.120. The van der Waals surface area contributed by atoms with Crippen LogP contribution < -0.4 is 10.6 Å². The van der Waals surface area contributed by atoms with Crippen LogP contribution in [0.5, 0.6) is 0 Å². The number of amides is 2. The number of piperidine rings is 1. The first-order valence-electron chi connectivity index (χ1n) is 10.7. The monoisotopic (exact) mass is 489 g/mol. The third-order valence-electron chi connectivity index (χ3n) is 5.70. The van der Waals surface area contributed by atoms with E-state index in [9.17, 15) is 18.0 Å². The van der Waals surface area contributed by atoms with Crippen LogP contribution in [0.4, 0.5) is 5.69 Å². The first-order valence-corrected chi connectivity index (χ1v) is 12.2. The molecule has 1 fully saturated rings. The van der Waals surface area contributed by atoms with Crippen LogP contribution in [0.25, 0.3) is 0 Å². The number of nitrogens with one attached hydrogen (secondary N) is 2. The Labute approximate surface area is 196 Å². The van der Waals surface area contributed by atoms with Crippen molar-refractivity contribution in [2.75, 3.05) is 18.4 Å². The molecule has 1 aliphatic heterocycles. The molecule has 13 nitrogen and oxygen atoms in total. The average molecular weight is 490 g/mol. The first-order chi connectivity index (χ1) is 16.1. The Morgan fingerprint density at radius 3 is 2.47 bits per heavy atom. The number of sulfonamides is 1. The summed E-state index contributed by atoms with van der Waals surface area (Å²) in [6.07, 6.45) is 8.66. The fraction of sp³-hybridized carbons (Fsp3) is 0.450. The lowest BCUT2D eigenvalue weighted by Gasteiger charge is -2.30. The Hall–Kier alpha value is -3.52. The quantitative estimate of drug-likeness (QED) is 0.469. The smallest absolute Gasteiger partial charge is 0.271 e. The number of rotatable bonds is 7. The number of aromatic nitrogens is 6. The average Bonchev–Trinajstić information content (AvgIpc) is 3.52. The summed E-state index contributed by atoms with van der Waals surface area (Å²) in [7, 11) is 1.29. The molecule has 2 amide bonds. The molecule has 1 saturated heterocycles. The minimum absolute atomic E-state index is 0.0475. The van der Waals surface area contributed by atoms with Gasteiger partial charge < -0.3 is 10.6 Å². The van der Waals surface area contributed by atoms with Gasteiger partial charge in [-0.05, 0) is 12.8 Å². The van der Waals surface area contributed by atoms with Gasteiger partial charge in [-0.15, -0.1) is 0 Å². The van der Waals surface area contributed by atoms with E-state index in [1.165, 1.54) is 32.3 Å². The number of anilines is 1. The van der Waals surface area contributed by atoms with Crippen LogP contribution in [0.2, 0.25) is 0 Å². The molecule has 0 aromatic carbocycles. The third kappa shape index (κ3) is 4.87. The number of carbonyl (C=O) groups is 2. The van der Waals surface area contributed by atoms with E-state index in [1.54, 1.807) is 38.2 Å². The summed E-state index contributed by atoms with van der Waals surface area (Å²) >= 11 is 0. The van der Waals surface area contributed by atoms with Gasteiger partial charge in [0, 0.05) is 58.7 Å². The third-order valence-corrected chi connectivity index (χ3v) is 7.52. The molecule has 0 saturated carbocycles. The SMILES string of the molecule is Cn1cc(CNC(=O)c2c(NC(=O)C3CCCN(S(=O)(=O)c4cnn(C)c4)C3)cnn2C)cn1. The number of hydrogen-bond donors (Lipinski definition) is 2. The van der Waals surface area contributed by atoms with Crippen molar-refractivity contribution >= 4 is 27.5 Å². The molecule has 1 atom stereocenters. The predicted octanol–water partition coefficient (Wildman–Crippen LogP) is -0.143. The molecule has 182 valence electrons. The maximum absolute atomic E-state index is 13.0. The van der Waals surface area contributed by atoms with Crippen molar-refractivity contribution in [3.8, 4) is 0 Å². The van der Waals surface area contributed by atoms with Gasteiger partial charge in [-0.25, -0.2) is 8.42 Å². The highest BCUT2D eigenvalue weighted by atomic mass is 32.2. The zero-order chi connectivity index (χ0) is 24.5. The van der Waals surface area contributed by atoms with Crippen LogP contribution in [-0.4, -0.2) is 67.0 Å². The van der Waals surface area contributed by atoms with Crippen molar-refractivity contribution in [3.05, 3.63) is 42.2 Å². The Morgan fingerprint density at radius 1 is 1.06 bits per heavy atom. The molecule has 0 bridgehead atoms. The summed E-state index contributed by atoms with van der Waals surface area (Å²) in [6.45, 7) is 0.650. The number of nitrogens with zero attached hydrogens (tertiary/aromatic N) is 7. The second kappa shape index (κ2) is 9.38. The molecule has 1 unspecified atom stereocenters. The van der Waals surface area contributed by atoms with E-state index in [0.717, 1.165) is 5.56 Å². The summed E-state index contributed by atoms with van der Waals surface area (Å²) in [5.41, 5.74) is 1.30. The summed E-state index contributed by atoms with van der Waals surface area (Å²) in [5, 5.41) is 17.7. The van der Waals surface area contributed by atoms with E-state index >= 15 is 0 Å². The first kappa shape index (κ1) is 23.6. The number of aryl methyl sites for hydroxylation is 3. The molecule has 3 aromatic rings. The van der Waals surface area contributed by atoms with Gasteiger partial charge in [-0.3, -0.25) is 23.6 Å². The van der Waals surface area contributed by atoms with E-state index in [4.69, 9.17) is 0 Å². The highest BCUT2D eigenvalue weighted by Gasteiger charge is 2.34. The van der Waals surface area contributed by atoms with Gasteiger partial charge in [0.05, 0.1) is 30.2 Å². The molecule has 0 radical (unpaired) electrons. The van der Waals surface area contributed by atoms with Crippen LogP contribution >= 0.6 is 0 Å². The van der Waals surface area contributed by atoms with Gasteiger partial charge >= 0.3 is 0 Å². The molecular weight excluding hydrogens is 462 g/mol. The Kier molecular flexibility index (Phi) is 6.52. The molecule has 1 aliphatic rings. The lowest BCUT2D eigenvalue weighted by Crippen LogP contribution is -2.43. The summed E-state index contributed by atoms with van der Waals surface area (Å²) in [6, 6.07) is 0. The minimum atomic E-state index is -3.75. The van der Waals surface area contributed by atoms with Gasteiger partial charge in [0.2, 0.25) is 15.9 Å². The zero-order valence-corrected chi connectivity index (χ0v) is 20.0. The van der Waals surface area contributed by atoms with Crippen molar-refractivity contribution in [2.24, 2.45) is 27.1 Å².